The number of fused-ring (bicyclic) bond motifs is 1. The molecule has 0 bridgehead atoms. The van der Waals surface area contributed by atoms with E-state index < -0.39 is 18.2 Å². The number of aromatic nitrogens is 3. The molecule has 0 aliphatic heterocycles. The Morgan fingerprint density at radius 2 is 1.90 bits per heavy atom. The zero-order valence-corrected chi connectivity index (χ0v) is 17.4. The van der Waals surface area contributed by atoms with Gasteiger partial charge in [0, 0.05) is 26.6 Å². The Labute approximate surface area is 172 Å². The summed E-state index contributed by atoms with van der Waals surface area (Å²) in [4.78, 5) is 15.8. The number of benzene rings is 1. The van der Waals surface area contributed by atoms with Gasteiger partial charge in [-0.05, 0) is 25.5 Å². The third kappa shape index (κ3) is 3.66. The van der Waals surface area contributed by atoms with Gasteiger partial charge in [0.1, 0.15) is 16.9 Å². The van der Waals surface area contributed by atoms with Crippen molar-refractivity contribution < 1.29 is 15.3 Å². The third-order valence-corrected chi connectivity index (χ3v) is 6.40. The monoisotopic (exact) mass is 415 g/mol. The summed E-state index contributed by atoms with van der Waals surface area (Å²) in [5.74, 6) is 0.737. The van der Waals surface area contributed by atoms with E-state index >= 15 is 0 Å². The van der Waals surface area contributed by atoms with Crippen LogP contribution < -0.4 is 10.2 Å². The summed E-state index contributed by atoms with van der Waals surface area (Å²) in [5, 5.41) is 34.2. The molecule has 1 saturated carbocycles. The lowest BCUT2D eigenvalue weighted by molar-refractivity contribution is 0.00446. The molecule has 1 fully saturated rings. The van der Waals surface area contributed by atoms with Gasteiger partial charge >= 0.3 is 0 Å². The quantitative estimate of drug-likeness (QED) is 0.497. The SMILES string of the molecule is Cc1nc(N(C)C)nc(N[C@@H]2C[C@H](CO)[C@@H](O)[C@H]2O)c1-c1nc2ccccc2s1. The number of nitrogens with one attached hydrogen (secondary N) is 1. The van der Waals surface area contributed by atoms with Crippen LogP contribution in [0, 0.1) is 12.8 Å². The second-order valence-electron chi connectivity index (χ2n) is 7.62. The molecule has 0 radical (unpaired) electrons. The van der Waals surface area contributed by atoms with Crippen molar-refractivity contribution in [2.75, 3.05) is 30.9 Å². The summed E-state index contributed by atoms with van der Waals surface area (Å²) in [6.45, 7) is 1.74. The molecule has 0 amide bonds. The highest BCUT2D eigenvalue weighted by atomic mass is 32.1. The zero-order chi connectivity index (χ0) is 20.7. The van der Waals surface area contributed by atoms with Crippen LogP contribution in [0.1, 0.15) is 12.1 Å². The van der Waals surface area contributed by atoms with Gasteiger partial charge in [-0.25, -0.2) is 9.97 Å². The second kappa shape index (κ2) is 7.83. The van der Waals surface area contributed by atoms with Gasteiger partial charge in [-0.2, -0.15) is 4.98 Å². The predicted octanol–water partition coefficient (Wildman–Crippen LogP) is 1.64. The van der Waals surface area contributed by atoms with Crippen LogP contribution in [0.25, 0.3) is 20.8 Å². The number of anilines is 2. The van der Waals surface area contributed by atoms with E-state index in [1.54, 1.807) is 11.3 Å². The van der Waals surface area contributed by atoms with Crippen molar-refractivity contribution in [1.82, 2.24) is 15.0 Å². The van der Waals surface area contributed by atoms with Crippen LogP contribution >= 0.6 is 11.3 Å². The van der Waals surface area contributed by atoms with E-state index in [1.807, 2.05) is 50.2 Å². The Morgan fingerprint density at radius 3 is 2.55 bits per heavy atom. The average molecular weight is 416 g/mol. The first-order chi connectivity index (χ1) is 13.9. The number of rotatable bonds is 5. The maximum atomic E-state index is 10.5. The van der Waals surface area contributed by atoms with E-state index in [0.29, 0.717) is 18.2 Å². The van der Waals surface area contributed by atoms with Crippen LogP contribution in [0.15, 0.2) is 24.3 Å². The van der Waals surface area contributed by atoms with Gasteiger partial charge < -0.3 is 25.5 Å². The van der Waals surface area contributed by atoms with E-state index in [9.17, 15) is 15.3 Å². The summed E-state index contributed by atoms with van der Waals surface area (Å²) in [6.07, 6.45) is -1.52. The highest BCUT2D eigenvalue weighted by Gasteiger charge is 2.41. The molecule has 0 spiro atoms. The molecule has 3 aromatic rings. The van der Waals surface area contributed by atoms with Gasteiger partial charge in [-0.3, -0.25) is 0 Å². The maximum absolute atomic E-state index is 10.5. The van der Waals surface area contributed by atoms with Crippen molar-refractivity contribution in [2.24, 2.45) is 5.92 Å². The van der Waals surface area contributed by atoms with Crippen molar-refractivity contribution in [3.63, 3.8) is 0 Å². The van der Waals surface area contributed by atoms with Gasteiger partial charge in [0.15, 0.2) is 0 Å². The lowest BCUT2D eigenvalue weighted by Crippen LogP contribution is -2.36. The van der Waals surface area contributed by atoms with Gasteiger partial charge in [0.05, 0.1) is 33.6 Å². The first kappa shape index (κ1) is 20.0. The Hall–Kier alpha value is -2.33. The second-order valence-corrected chi connectivity index (χ2v) is 8.65. The topological polar surface area (TPSA) is 115 Å². The van der Waals surface area contributed by atoms with Gasteiger partial charge in [0.25, 0.3) is 0 Å². The maximum Gasteiger partial charge on any atom is 0.227 e. The van der Waals surface area contributed by atoms with Crippen LogP contribution in [0.5, 0.6) is 0 Å². The molecule has 4 atom stereocenters. The number of hydrogen-bond donors (Lipinski definition) is 4. The Morgan fingerprint density at radius 1 is 1.14 bits per heavy atom. The first-order valence-electron chi connectivity index (χ1n) is 9.54. The summed E-state index contributed by atoms with van der Waals surface area (Å²) in [7, 11) is 3.73. The number of hydrogen-bond acceptors (Lipinski definition) is 9. The lowest BCUT2D eigenvalue weighted by atomic mass is 10.1. The van der Waals surface area contributed by atoms with E-state index in [4.69, 9.17) is 4.98 Å². The van der Waals surface area contributed by atoms with Crippen molar-refractivity contribution in [1.29, 1.82) is 0 Å². The number of aryl methyl sites for hydroxylation is 1. The largest absolute Gasteiger partial charge is 0.396 e. The van der Waals surface area contributed by atoms with Gasteiger partial charge in [0.2, 0.25) is 5.95 Å². The number of thiazole rings is 1. The van der Waals surface area contributed by atoms with E-state index in [1.165, 1.54) is 0 Å². The number of aliphatic hydroxyl groups is 3. The molecule has 8 nitrogen and oxygen atoms in total. The Bertz CT molecular complexity index is 992. The van der Waals surface area contributed by atoms with Gasteiger partial charge in [-0.15, -0.1) is 11.3 Å². The van der Waals surface area contributed by atoms with Crippen molar-refractivity contribution in [3.05, 3.63) is 30.0 Å². The Balaban J connectivity index is 1.79. The number of nitrogens with zero attached hydrogens (tertiary/aromatic N) is 4. The molecule has 1 aliphatic carbocycles. The Kier molecular flexibility index (Phi) is 5.39. The van der Waals surface area contributed by atoms with Crippen LogP contribution in [0.4, 0.5) is 11.8 Å². The van der Waals surface area contributed by atoms with Crippen molar-refractivity contribution in [2.45, 2.75) is 31.6 Å². The molecular weight excluding hydrogens is 390 g/mol. The van der Waals surface area contributed by atoms with E-state index in [2.05, 4.69) is 15.3 Å². The van der Waals surface area contributed by atoms with Crippen LogP contribution in [-0.4, -0.2) is 69.2 Å². The third-order valence-electron chi connectivity index (χ3n) is 5.34. The summed E-state index contributed by atoms with van der Waals surface area (Å²) in [5.41, 5.74) is 2.47. The van der Waals surface area contributed by atoms with E-state index in [-0.39, 0.29) is 12.5 Å². The van der Waals surface area contributed by atoms with E-state index in [0.717, 1.165) is 26.5 Å². The zero-order valence-electron chi connectivity index (χ0n) is 16.6. The molecule has 9 heteroatoms. The standard InChI is InChI=1S/C20H25N5O3S/c1-10-15(19-23-12-6-4-5-7-14(12)29-19)18(24-20(21-10)25(2)3)22-13-8-11(9-26)16(27)17(13)28/h4-7,11,13,16-17,26-28H,8-9H2,1-3H3,(H,21,22,24)/t11-,13-,16-,17+/m1/s1. The van der Waals surface area contributed by atoms with Crippen LogP contribution in [0.3, 0.4) is 0 Å². The fourth-order valence-electron chi connectivity index (χ4n) is 3.72. The highest BCUT2D eigenvalue weighted by molar-refractivity contribution is 7.21. The normalized spacial score (nSPS) is 24.2. The van der Waals surface area contributed by atoms with Gasteiger partial charge in [-0.1, -0.05) is 12.1 Å². The molecule has 0 saturated heterocycles. The molecule has 154 valence electrons. The fourth-order valence-corrected chi connectivity index (χ4v) is 4.79. The fraction of sp³-hybridized carbons (Fsp3) is 0.450. The van der Waals surface area contributed by atoms with Crippen LogP contribution in [0.2, 0.25) is 0 Å². The highest BCUT2D eigenvalue weighted by Crippen LogP contribution is 2.38. The van der Waals surface area contributed by atoms with Crippen molar-refractivity contribution in [3.8, 4) is 10.6 Å². The minimum Gasteiger partial charge on any atom is -0.396 e. The molecule has 2 heterocycles. The summed E-state index contributed by atoms with van der Waals surface area (Å²) >= 11 is 1.56. The molecule has 4 rings (SSSR count). The van der Waals surface area contributed by atoms with Crippen LogP contribution in [-0.2, 0) is 0 Å². The summed E-state index contributed by atoms with van der Waals surface area (Å²) < 4.78 is 1.07. The first-order valence-corrected chi connectivity index (χ1v) is 10.4. The molecular formula is C20H25N5O3S. The molecule has 1 aliphatic rings. The molecule has 0 unspecified atom stereocenters. The molecule has 29 heavy (non-hydrogen) atoms. The molecule has 2 aromatic heterocycles. The smallest absolute Gasteiger partial charge is 0.227 e. The average Bonchev–Trinajstić information content (AvgIpc) is 3.23. The predicted molar refractivity (Wildman–Crippen MR) is 114 cm³/mol. The molecule has 1 aromatic carbocycles. The van der Waals surface area contributed by atoms with Crippen molar-refractivity contribution >= 4 is 33.3 Å². The summed E-state index contributed by atoms with van der Waals surface area (Å²) in [6, 6.07) is 7.49. The number of para-hydroxylation sites is 1. The number of aliphatic hydroxyl groups excluding tert-OH is 3. The molecule has 4 N–H and O–H groups in total. The minimum atomic E-state index is -0.992. The lowest BCUT2D eigenvalue weighted by Gasteiger charge is -2.22. The minimum absolute atomic E-state index is 0.174.